The van der Waals surface area contributed by atoms with Crippen molar-refractivity contribution < 1.29 is 18.3 Å². The second-order valence-electron chi connectivity index (χ2n) is 4.59. The molecule has 2 aliphatic rings. The molecule has 2 rings (SSSR count). The minimum atomic E-state index is -3.06. The number of aliphatic hydroxyl groups is 1. The number of nitrogens with zero attached hydrogens (tertiary/aromatic N) is 1. The fraction of sp³-hybridized carbons (Fsp3) is 1.00. The number of hydrogen-bond acceptors (Lipinski definition) is 5. The first kappa shape index (κ1) is 12.3. The van der Waals surface area contributed by atoms with Gasteiger partial charge in [0.1, 0.15) is 0 Å². The predicted octanol–water partition coefficient (Wildman–Crippen LogP) is -0.745. The zero-order valence-corrected chi connectivity index (χ0v) is 10.3. The summed E-state index contributed by atoms with van der Waals surface area (Å²) < 4.78 is 28.3. The SMILES string of the molecule is CCC1COCCN1C1CS(=O)(=O)CC1O. The third-order valence-corrected chi connectivity index (χ3v) is 5.16. The number of rotatable bonds is 2. The number of morpholine rings is 1. The van der Waals surface area contributed by atoms with Crippen molar-refractivity contribution in [2.24, 2.45) is 0 Å². The first-order chi connectivity index (χ1) is 7.53. The van der Waals surface area contributed by atoms with Crippen LogP contribution in [0.2, 0.25) is 0 Å². The van der Waals surface area contributed by atoms with Gasteiger partial charge in [-0.1, -0.05) is 6.92 Å². The highest BCUT2D eigenvalue weighted by atomic mass is 32.2. The Morgan fingerprint density at radius 3 is 2.75 bits per heavy atom. The first-order valence-corrected chi connectivity index (χ1v) is 7.57. The normalized spacial score (nSPS) is 40.0. The number of ether oxygens (including phenoxy) is 1. The van der Waals surface area contributed by atoms with Gasteiger partial charge in [-0.05, 0) is 6.42 Å². The third-order valence-electron chi connectivity index (χ3n) is 3.46. The lowest BCUT2D eigenvalue weighted by Gasteiger charge is -2.39. The van der Waals surface area contributed by atoms with Crippen molar-refractivity contribution in [2.75, 3.05) is 31.3 Å². The largest absolute Gasteiger partial charge is 0.390 e. The summed E-state index contributed by atoms with van der Waals surface area (Å²) in [5.74, 6) is -0.00384. The highest BCUT2D eigenvalue weighted by Crippen LogP contribution is 2.23. The van der Waals surface area contributed by atoms with Crippen LogP contribution in [0, 0.1) is 0 Å². The van der Waals surface area contributed by atoms with E-state index >= 15 is 0 Å². The van der Waals surface area contributed by atoms with E-state index in [1.54, 1.807) is 0 Å². The molecule has 0 saturated carbocycles. The van der Waals surface area contributed by atoms with Gasteiger partial charge in [-0.25, -0.2) is 8.42 Å². The van der Waals surface area contributed by atoms with E-state index in [0.29, 0.717) is 13.2 Å². The lowest BCUT2D eigenvalue weighted by molar-refractivity contribution is -0.0471. The molecule has 0 spiro atoms. The molecule has 0 aliphatic carbocycles. The number of aliphatic hydroxyl groups excluding tert-OH is 1. The summed E-state index contributed by atoms with van der Waals surface area (Å²) in [7, 11) is -3.06. The molecule has 3 atom stereocenters. The topological polar surface area (TPSA) is 66.8 Å². The van der Waals surface area contributed by atoms with Gasteiger partial charge in [0, 0.05) is 12.6 Å². The molecule has 2 heterocycles. The zero-order valence-electron chi connectivity index (χ0n) is 9.50. The summed E-state index contributed by atoms with van der Waals surface area (Å²) in [5.41, 5.74) is 0. The van der Waals surface area contributed by atoms with Crippen LogP contribution in [-0.2, 0) is 14.6 Å². The second kappa shape index (κ2) is 4.60. The summed E-state index contributed by atoms with van der Waals surface area (Å²) in [6, 6.07) is 0.000509. The van der Waals surface area contributed by atoms with Crippen molar-refractivity contribution in [3.63, 3.8) is 0 Å². The van der Waals surface area contributed by atoms with Crippen LogP contribution < -0.4 is 0 Å². The average molecular weight is 249 g/mol. The van der Waals surface area contributed by atoms with E-state index in [2.05, 4.69) is 11.8 Å². The van der Waals surface area contributed by atoms with E-state index in [-0.39, 0.29) is 23.6 Å². The highest BCUT2D eigenvalue weighted by Gasteiger charge is 2.42. The molecule has 5 nitrogen and oxygen atoms in total. The van der Waals surface area contributed by atoms with Crippen molar-refractivity contribution in [1.82, 2.24) is 4.90 Å². The van der Waals surface area contributed by atoms with E-state index in [4.69, 9.17) is 4.74 Å². The van der Waals surface area contributed by atoms with Gasteiger partial charge in [0.25, 0.3) is 0 Å². The Bertz CT molecular complexity index is 343. The Kier molecular flexibility index (Phi) is 3.53. The maximum absolute atomic E-state index is 11.5. The Hall–Kier alpha value is -0.170. The molecule has 0 radical (unpaired) electrons. The molecule has 16 heavy (non-hydrogen) atoms. The van der Waals surface area contributed by atoms with Crippen molar-refractivity contribution >= 4 is 9.84 Å². The van der Waals surface area contributed by atoms with E-state index < -0.39 is 15.9 Å². The average Bonchev–Trinajstić information content (AvgIpc) is 2.52. The fourth-order valence-corrected chi connectivity index (χ4v) is 4.40. The van der Waals surface area contributed by atoms with E-state index in [0.717, 1.165) is 13.0 Å². The van der Waals surface area contributed by atoms with E-state index in [1.807, 2.05) is 0 Å². The molecule has 1 N–H and O–H groups in total. The third kappa shape index (κ3) is 2.40. The van der Waals surface area contributed by atoms with Crippen LogP contribution in [0.3, 0.4) is 0 Å². The standard InChI is InChI=1S/C10H19NO4S/c1-2-8-5-15-4-3-11(8)9-6-16(13,14)7-10(9)12/h8-10,12H,2-7H2,1H3. The minimum Gasteiger partial charge on any atom is -0.390 e. The van der Waals surface area contributed by atoms with Crippen molar-refractivity contribution in [2.45, 2.75) is 31.5 Å². The lowest BCUT2D eigenvalue weighted by Crippen LogP contribution is -2.54. The molecule has 0 bridgehead atoms. The molecule has 0 amide bonds. The fourth-order valence-electron chi connectivity index (χ4n) is 2.58. The predicted molar refractivity (Wildman–Crippen MR) is 60.1 cm³/mol. The summed E-state index contributed by atoms with van der Waals surface area (Å²) in [6.07, 6.45) is 0.181. The Morgan fingerprint density at radius 1 is 1.44 bits per heavy atom. The minimum absolute atomic E-state index is 0.0880. The Morgan fingerprint density at radius 2 is 2.19 bits per heavy atom. The quantitative estimate of drug-likeness (QED) is 0.698. The molecule has 2 aliphatic heterocycles. The molecule has 6 heteroatoms. The van der Waals surface area contributed by atoms with Crippen molar-refractivity contribution in [3.05, 3.63) is 0 Å². The molecule has 94 valence electrons. The lowest BCUT2D eigenvalue weighted by atomic mass is 10.1. The van der Waals surface area contributed by atoms with Gasteiger partial charge in [-0.15, -0.1) is 0 Å². The van der Waals surface area contributed by atoms with Crippen LogP contribution in [0.5, 0.6) is 0 Å². The molecule has 0 aromatic carbocycles. The monoisotopic (exact) mass is 249 g/mol. The van der Waals surface area contributed by atoms with E-state index in [1.165, 1.54) is 0 Å². The molecular formula is C10H19NO4S. The van der Waals surface area contributed by atoms with Gasteiger partial charge in [0.15, 0.2) is 9.84 Å². The van der Waals surface area contributed by atoms with Crippen molar-refractivity contribution in [3.8, 4) is 0 Å². The molecule has 3 unspecified atom stereocenters. The second-order valence-corrected chi connectivity index (χ2v) is 6.74. The molecule has 2 saturated heterocycles. The van der Waals surface area contributed by atoms with E-state index in [9.17, 15) is 13.5 Å². The van der Waals surface area contributed by atoms with Crippen LogP contribution in [-0.4, -0.2) is 67.9 Å². The molecular weight excluding hydrogens is 230 g/mol. The van der Waals surface area contributed by atoms with Crippen LogP contribution in [0.4, 0.5) is 0 Å². The first-order valence-electron chi connectivity index (χ1n) is 5.75. The van der Waals surface area contributed by atoms with Gasteiger partial charge in [-0.2, -0.15) is 0 Å². The van der Waals surface area contributed by atoms with Crippen LogP contribution in [0.1, 0.15) is 13.3 Å². The van der Waals surface area contributed by atoms with Crippen molar-refractivity contribution in [1.29, 1.82) is 0 Å². The van der Waals surface area contributed by atoms with Gasteiger partial charge < -0.3 is 9.84 Å². The molecule has 0 aromatic heterocycles. The molecule has 0 aromatic rings. The maximum atomic E-state index is 11.5. The van der Waals surface area contributed by atoms with Crippen LogP contribution >= 0.6 is 0 Å². The number of sulfone groups is 1. The Labute approximate surface area is 96.3 Å². The summed E-state index contributed by atoms with van der Waals surface area (Å²) in [4.78, 5) is 2.11. The van der Waals surface area contributed by atoms with Crippen LogP contribution in [0.25, 0.3) is 0 Å². The van der Waals surface area contributed by atoms with Gasteiger partial charge >= 0.3 is 0 Å². The maximum Gasteiger partial charge on any atom is 0.154 e. The summed E-state index contributed by atoms with van der Waals surface area (Å²) >= 11 is 0. The van der Waals surface area contributed by atoms with Gasteiger partial charge in [0.05, 0.1) is 36.9 Å². The van der Waals surface area contributed by atoms with Crippen LogP contribution in [0.15, 0.2) is 0 Å². The Balaban J connectivity index is 2.11. The summed E-state index contributed by atoms with van der Waals surface area (Å²) in [5, 5.41) is 9.83. The van der Waals surface area contributed by atoms with Gasteiger partial charge in [0.2, 0.25) is 0 Å². The zero-order chi connectivity index (χ0) is 11.8. The number of hydrogen-bond donors (Lipinski definition) is 1. The van der Waals surface area contributed by atoms with Gasteiger partial charge in [-0.3, -0.25) is 4.90 Å². The molecule has 2 fully saturated rings. The highest BCUT2D eigenvalue weighted by molar-refractivity contribution is 7.91. The smallest absolute Gasteiger partial charge is 0.154 e. The summed E-state index contributed by atoms with van der Waals surface area (Å²) in [6.45, 7) is 4.04.